The number of hydrogen-bond acceptors (Lipinski definition) is 4. The number of unbranched alkanes of at least 4 members (excludes halogenated alkanes) is 7. The fourth-order valence-electron chi connectivity index (χ4n) is 4.82. The van der Waals surface area contributed by atoms with Crippen LogP contribution in [0.25, 0.3) is 0 Å². The minimum Gasteiger partial charge on any atom is -0.323 e. The highest BCUT2D eigenvalue weighted by molar-refractivity contribution is 8.18. The predicted molar refractivity (Wildman–Crippen MR) is 144 cm³/mol. The van der Waals surface area contributed by atoms with Gasteiger partial charge in [-0.1, -0.05) is 70.4 Å². The maximum atomic E-state index is 13.2. The third kappa shape index (κ3) is 7.02. The maximum Gasteiger partial charge on any atom is 0.264 e. The van der Waals surface area contributed by atoms with Crippen LogP contribution in [0.3, 0.4) is 0 Å². The fraction of sp³-hybridized carbons (Fsp3) is 0.630. The normalized spacial score (nSPS) is 17.8. The average Bonchev–Trinajstić information content (AvgIpc) is 3.15. The molecular formula is C27H40ClN3OS. The van der Waals surface area contributed by atoms with Crippen molar-refractivity contribution in [2.75, 3.05) is 18.4 Å². The standard InChI is InChI=1S/C27H39N3OS.ClH/c1-2-3-4-5-6-7-8-9-12-21-15-17-23(18-16-21)29-26(31)25-24(22-13-10-14-22)30-20-11-19-28-27(30)32-25;/h15-18,22H,2-14,19-20H2,1H3,(H,29,31);1H. The molecule has 0 atom stereocenters. The smallest absolute Gasteiger partial charge is 0.264 e. The predicted octanol–water partition coefficient (Wildman–Crippen LogP) is 7.55. The molecule has 0 unspecified atom stereocenters. The zero-order valence-corrected chi connectivity index (χ0v) is 21.7. The average molecular weight is 490 g/mol. The van der Waals surface area contributed by atoms with Gasteiger partial charge in [0.2, 0.25) is 0 Å². The summed E-state index contributed by atoms with van der Waals surface area (Å²) < 4.78 is 0. The number of carbonyl (C=O) groups excluding carboxylic acids is 1. The first-order valence-electron chi connectivity index (χ1n) is 12.9. The van der Waals surface area contributed by atoms with Gasteiger partial charge in [-0.05, 0) is 61.6 Å². The van der Waals surface area contributed by atoms with Gasteiger partial charge in [-0.25, -0.2) is 0 Å². The molecule has 0 bridgehead atoms. The van der Waals surface area contributed by atoms with Crippen LogP contribution in [-0.2, 0) is 11.2 Å². The molecule has 1 aromatic rings. The van der Waals surface area contributed by atoms with Gasteiger partial charge in [0, 0.05) is 30.4 Å². The Morgan fingerprint density at radius 3 is 2.39 bits per heavy atom. The molecule has 0 saturated heterocycles. The van der Waals surface area contributed by atoms with E-state index >= 15 is 0 Å². The van der Waals surface area contributed by atoms with Gasteiger partial charge in [0.1, 0.15) is 4.91 Å². The molecule has 1 amide bonds. The van der Waals surface area contributed by atoms with Gasteiger partial charge in [0.15, 0.2) is 5.17 Å². The number of halogens is 1. The Kier molecular flexibility index (Phi) is 10.6. The number of aliphatic imine (C=N–C) groups is 1. The molecule has 1 saturated carbocycles. The number of fused-ring (bicyclic) bond motifs is 1. The molecule has 3 aliphatic rings. The lowest BCUT2D eigenvalue weighted by Gasteiger charge is -2.34. The van der Waals surface area contributed by atoms with E-state index in [9.17, 15) is 4.79 Å². The molecule has 0 radical (unpaired) electrons. The number of amides is 1. The first-order chi connectivity index (χ1) is 15.8. The number of hydrogen-bond donors (Lipinski definition) is 1. The molecule has 1 aromatic carbocycles. The summed E-state index contributed by atoms with van der Waals surface area (Å²) in [4.78, 5) is 21.0. The lowest BCUT2D eigenvalue weighted by Crippen LogP contribution is -2.34. The van der Waals surface area contributed by atoms with Gasteiger partial charge in [0.25, 0.3) is 5.91 Å². The van der Waals surface area contributed by atoms with Crippen molar-refractivity contribution in [2.24, 2.45) is 10.9 Å². The van der Waals surface area contributed by atoms with E-state index in [0.29, 0.717) is 5.92 Å². The van der Waals surface area contributed by atoms with E-state index in [1.807, 2.05) is 0 Å². The zero-order valence-electron chi connectivity index (χ0n) is 20.1. The van der Waals surface area contributed by atoms with Crippen LogP contribution < -0.4 is 5.32 Å². The van der Waals surface area contributed by atoms with Crippen LogP contribution in [0, 0.1) is 5.92 Å². The number of amidine groups is 1. The molecule has 2 heterocycles. The summed E-state index contributed by atoms with van der Waals surface area (Å²) in [5.41, 5.74) is 3.50. The first-order valence-corrected chi connectivity index (χ1v) is 13.7. The van der Waals surface area contributed by atoms with Gasteiger partial charge in [0.05, 0.1) is 0 Å². The third-order valence-corrected chi connectivity index (χ3v) is 8.09. The molecule has 4 rings (SSSR count). The highest BCUT2D eigenvalue weighted by Gasteiger charge is 2.39. The Bertz CT molecular complexity index is 832. The van der Waals surface area contributed by atoms with Crippen LogP contribution in [0.15, 0.2) is 39.9 Å². The van der Waals surface area contributed by atoms with Crippen molar-refractivity contribution in [3.8, 4) is 0 Å². The van der Waals surface area contributed by atoms with Crippen molar-refractivity contribution in [2.45, 2.75) is 90.4 Å². The Labute approximate surface area is 210 Å². The van der Waals surface area contributed by atoms with Crippen molar-refractivity contribution < 1.29 is 4.79 Å². The van der Waals surface area contributed by atoms with E-state index in [2.05, 4.69) is 46.4 Å². The largest absolute Gasteiger partial charge is 0.323 e. The molecular weight excluding hydrogens is 450 g/mol. The minimum absolute atomic E-state index is 0. The quantitative estimate of drug-likeness (QED) is 0.308. The van der Waals surface area contributed by atoms with E-state index in [1.165, 1.54) is 81.9 Å². The summed E-state index contributed by atoms with van der Waals surface area (Å²) in [6.45, 7) is 4.15. The summed E-state index contributed by atoms with van der Waals surface area (Å²) in [5.74, 6) is 0.563. The van der Waals surface area contributed by atoms with Gasteiger partial charge in [-0.3, -0.25) is 9.79 Å². The second kappa shape index (κ2) is 13.4. The molecule has 1 fully saturated rings. The van der Waals surface area contributed by atoms with Gasteiger partial charge >= 0.3 is 0 Å². The minimum atomic E-state index is 0. The summed E-state index contributed by atoms with van der Waals surface area (Å²) in [7, 11) is 0. The Morgan fingerprint density at radius 2 is 1.73 bits per heavy atom. The molecule has 182 valence electrons. The highest BCUT2D eigenvalue weighted by atomic mass is 35.5. The highest BCUT2D eigenvalue weighted by Crippen LogP contribution is 2.46. The van der Waals surface area contributed by atoms with E-state index in [1.54, 1.807) is 11.8 Å². The SMILES string of the molecule is CCCCCCCCCCc1ccc(NC(=O)C2=C(C3CCC3)N3CCCN=C3S2)cc1.Cl. The molecule has 33 heavy (non-hydrogen) atoms. The summed E-state index contributed by atoms with van der Waals surface area (Å²) >= 11 is 1.58. The number of aryl methyl sites for hydroxylation is 1. The number of carbonyl (C=O) groups is 1. The van der Waals surface area contributed by atoms with Crippen molar-refractivity contribution in [1.29, 1.82) is 0 Å². The zero-order chi connectivity index (χ0) is 22.2. The topological polar surface area (TPSA) is 44.7 Å². The number of thioether (sulfide) groups is 1. The first kappa shape index (κ1) is 26.2. The number of allylic oxidation sites excluding steroid dienone is 1. The van der Waals surface area contributed by atoms with Crippen molar-refractivity contribution in [3.05, 3.63) is 40.4 Å². The molecule has 2 aliphatic heterocycles. The number of benzene rings is 1. The van der Waals surface area contributed by atoms with Gasteiger partial charge in [-0.2, -0.15) is 0 Å². The summed E-state index contributed by atoms with van der Waals surface area (Å²) in [5, 5.41) is 4.19. The molecule has 6 heteroatoms. The maximum absolute atomic E-state index is 13.2. The van der Waals surface area contributed by atoms with Crippen LogP contribution in [0.4, 0.5) is 5.69 Å². The Balaban J connectivity index is 0.00000306. The molecule has 1 aliphatic carbocycles. The third-order valence-electron chi connectivity index (χ3n) is 6.96. The number of nitrogens with zero attached hydrogens (tertiary/aromatic N) is 2. The second-order valence-electron chi connectivity index (χ2n) is 9.49. The van der Waals surface area contributed by atoms with Crippen LogP contribution in [0.1, 0.15) is 89.5 Å². The van der Waals surface area contributed by atoms with Crippen molar-refractivity contribution >= 4 is 40.9 Å². The number of nitrogens with one attached hydrogen (secondary N) is 1. The van der Waals surface area contributed by atoms with Gasteiger partial charge < -0.3 is 10.2 Å². The molecule has 0 spiro atoms. The van der Waals surface area contributed by atoms with E-state index in [-0.39, 0.29) is 18.3 Å². The van der Waals surface area contributed by atoms with E-state index in [0.717, 1.165) is 41.7 Å². The Hall–Kier alpha value is -1.46. The number of rotatable bonds is 12. The Morgan fingerprint density at radius 1 is 1.03 bits per heavy atom. The second-order valence-corrected chi connectivity index (χ2v) is 10.5. The van der Waals surface area contributed by atoms with E-state index < -0.39 is 0 Å². The van der Waals surface area contributed by atoms with Crippen molar-refractivity contribution in [3.63, 3.8) is 0 Å². The lowest BCUT2D eigenvalue weighted by molar-refractivity contribution is -0.112. The van der Waals surface area contributed by atoms with Crippen LogP contribution in [0.2, 0.25) is 0 Å². The van der Waals surface area contributed by atoms with Crippen LogP contribution in [0.5, 0.6) is 0 Å². The van der Waals surface area contributed by atoms with Crippen molar-refractivity contribution in [1.82, 2.24) is 4.90 Å². The van der Waals surface area contributed by atoms with Crippen LogP contribution >= 0.6 is 24.2 Å². The van der Waals surface area contributed by atoms with Crippen LogP contribution in [-0.4, -0.2) is 29.1 Å². The monoisotopic (exact) mass is 489 g/mol. The summed E-state index contributed by atoms with van der Waals surface area (Å²) in [6.07, 6.45) is 16.7. The molecule has 1 N–H and O–H groups in total. The lowest BCUT2D eigenvalue weighted by atomic mass is 9.82. The molecule has 0 aromatic heterocycles. The molecule has 4 nitrogen and oxygen atoms in total. The summed E-state index contributed by atoms with van der Waals surface area (Å²) in [6, 6.07) is 8.47. The fourth-order valence-corrected chi connectivity index (χ4v) is 5.98. The van der Waals surface area contributed by atoms with Gasteiger partial charge in [-0.15, -0.1) is 12.4 Å². The van der Waals surface area contributed by atoms with E-state index in [4.69, 9.17) is 0 Å². The number of anilines is 1.